The number of esters is 1. The van der Waals surface area contributed by atoms with Gasteiger partial charge in [-0.25, -0.2) is 4.79 Å². The van der Waals surface area contributed by atoms with Crippen LogP contribution in [0.1, 0.15) is 0 Å². The Balaban J connectivity index is 2.85. The first-order valence-corrected chi connectivity index (χ1v) is 4.88. The molecule has 1 aliphatic rings. The standard InChI is InChI=1S/C7H11NO4S/c1-12-6(11)7(8-4-9)3-13-2-5(7)10/h4-5,10H,2-3H2,1H3,(H,8,9). The van der Waals surface area contributed by atoms with Gasteiger partial charge in [0.2, 0.25) is 6.41 Å². The number of aliphatic hydroxyl groups excluding tert-OH is 1. The van der Waals surface area contributed by atoms with Crippen LogP contribution in [0.5, 0.6) is 0 Å². The van der Waals surface area contributed by atoms with Crippen molar-refractivity contribution in [2.24, 2.45) is 0 Å². The molecule has 74 valence electrons. The highest BCUT2D eigenvalue weighted by Crippen LogP contribution is 2.29. The highest BCUT2D eigenvalue weighted by molar-refractivity contribution is 7.99. The number of hydrogen-bond donors (Lipinski definition) is 2. The van der Waals surface area contributed by atoms with Gasteiger partial charge in [0, 0.05) is 11.5 Å². The predicted molar refractivity (Wildman–Crippen MR) is 47.3 cm³/mol. The fourth-order valence-corrected chi connectivity index (χ4v) is 2.59. The zero-order chi connectivity index (χ0) is 9.90. The lowest BCUT2D eigenvalue weighted by atomic mass is 9.96. The number of methoxy groups -OCH3 is 1. The van der Waals surface area contributed by atoms with E-state index in [1.807, 2.05) is 0 Å². The normalized spacial score (nSPS) is 32.6. The number of carbonyl (C=O) groups excluding carboxylic acids is 2. The third-order valence-corrected chi connectivity index (χ3v) is 3.25. The minimum absolute atomic E-state index is 0.347. The summed E-state index contributed by atoms with van der Waals surface area (Å²) in [5.41, 5.74) is -1.25. The van der Waals surface area contributed by atoms with Crippen molar-refractivity contribution in [1.29, 1.82) is 0 Å². The minimum atomic E-state index is -1.25. The second kappa shape index (κ2) is 3.97. The van der Waals surface area contributed by atoms with Crippen molar-refractivity contribution in [3.63, 3.8) is 0 Å². The van der Waals surface area contributed by atoms with E-state index in [1.165, 1.54) is 18.9 Å². The van der Waals surface area contributed by atoms with Gasteiger partial charge in [-0.3, -0.25) is 4.79 Å². The molecule has 1 amide bonds. The van der Waals surface area contributed by atoms with Gasteiger partial charge in [0.15, 0.2) is 5.54 Å². The van der Waals surface area contributed by atoms with Crippen molar-refractivity contribution in [2.45, 2.75) is 11.6 Å². The number of amides is 1. The van der Waals surface area contributed by atoms with Gasteiger partial charge < -0.3 is 15.2 Å². The summed E-state index contributed by atoms with van der Waals surface area (Å²) in [6.07, 6.45) is -0.471. The Kier molecular flexibility index (Phi) is 3.16. The molecule has 0 spiro atoms. The fraction of sp³-hybridized carbons (Fsp3) is 0.714. The van der Waals surface area contributed by atoms with Crippen LogP contribution in [0.3, 0.4) is 0 Å². The van der Waals surface area contributed by atoms with E-state index in [9.17, 15) is 14.7 Å². The van der Waals surface area contributed by atoms with Crippen LogP contribution in [-0.2, 0) is 14.3 Å². The SMILES string of the molecule is COC(=O)C1(NC=O)CSCC1O. The number of carbonyl (C=O) groups is 2. The molecule has 0 aromatic heterocycles. The zero-order valence-corrected chi connectivity index (χ0v) is 7.97. The molecule has 2 N–H and O–H groups in total. The minimum Gasteiger partial charge on any atom is -0.467 e. The first-order chi connectivity index (χ1) is 6.17. The highest BCUT2D eigenvalue weighted by atomic mass is 32.2. The molecule has 6 heteroatoms. The summed E-state index contributed by atoms with van der Waals surface area (Å²) in [6, 6.07) is 0. The Morgan fingerprint density at radius 1 is 1.85 bits per heavy atom. The summed E-state index contributed by atoms with van der Waals surface area (Å²) in [5, 5.41) is 11.9. The van der Waals surface area contributed by atoms with E-state index in [2.05, 4.69) is 10.1 Å². The van der Waals surface area contributed by atoms with Gasteiger partial charge in [0.05, 0.1) is 13.2 Å². The van der Waals surface area contributed by atoms with Crippen molar-refractivity contribution in [2.75, 3.05) is 18.6 Å². The lowest BCUT2D eigenvalue weighted by Crippen LogP contribution is -2.60. The van der Waals surface area contributed by atoms with E-state index in [1.54, 1.807) is 0 Å². The third-order valence-electron chi connectivity index (χ3n) is 2.04. The maximum Gasteiger partial charge on any atom is 0.335 e. The van der Waals surface area contributed by atoms with Crippen LogP contribution in [0.25, 0.3) is 0 Å². The Labute approximate surface area is 79.8 Å². The molecule has 1 saturated heterocycles. The lowest BCUT2D eigenvalue weighted by Gasteiger charge is -2.27. The maximum atomic E-state index is 11.3. The summed E-state index contributed by atoms with van der Waals surface area (Å²) >= 11 is 1.40. The van der Waals surface area contributed by atoms with Crippen LogP contribution in [0.15, 0.2) is 0 Å². The molecular formula is C7H11NO4S. The van der Waals surface area contributed by atoms with Gasteiger partial charge in [-0.05, 0) is 0 Å². The molecule has 5 nitrogen and oxygen atoms in total. The first-order valence-electron chi connectivity index (χ1n) is 3.73. The molecule has 0 bridgehead atoms. The molecule has 1 fully saturated rings. The average Bonchev–Trinajstić information content (AvgIpc) is 2.48. The quantitative estimate of drug-likeness (QED) is 0.445. The van der Waals surface area contributed by atoms with E-state index in [0.717, 1.165) is 0 Å². The van der Waals surface area contributed by atoms with Gasteiger partial charge in [-0.1, -0.05) is 0 Å². The van der Waals surface area contributed by atoms with E-state index in [4.69, 9.17) is 0 Å². The van der Waals surface area contributed by atoms with Crippen molar-refractivity contribution in [1.82, 2.24) is 5.32 Å². The summed E-state index contributed by atoms with van der Waals surface area (Å²) in [6.45, 7) is 0. The molecule has 2 unspecified atom stereocenters. The highest BCUT2D eigenvalue weighted by Gasteiger charge is 2.50. The summed E-state index contributed by atoms with van der Waals surface area (Å²) in [7, 11) is 1.23. The Hall–Kier alpha value is -0.750. The van der Waals surface area contributed by atoms with Crippen molar-refractivity contribution in [3.8, 4) is 0 Å². The first kappa shape index (κ1) is 10.3. The Bertz CT molecular complexity index is 223. The van der Waals surface area contributed by atoms with Crippen molar-refractivity contribution < 1.29 is 19.4 Å². The molecular weight excluding hydrogens is 194 g/mol. The van der Waals surface area contributed by atoms with Crippen LogP contribution < -0.4 is 5.32 Å². The number of nitrogens with one attached hydrogen (secondary N) is 1. The topological polar surface area (TPSA) is 75.6 Å². The van der Waals surface area contributed by atoms with Crippen LogP contribution >= 0.6 is 11.8 Å². The summed E-state index contributed by atoms with van der Waals surface area (Å²) in [5.74, 6) is 0.173. The number of thioether (sulfide) groups is 1. The molecule has 2 atom stereocenters. The van der Waals surface area contributed by atoms with E-state index in [-0.39, 0.29) is 0 Å². The molecule has 0 aliphatic carbocycles. The molecule has 1 heterocycles. The third kappa shape index (κ3) is 1.64. The van der Waals surface area contributed by atoms with E-state index in [0.29, 0.717) is 17.9 Å². The molecule has 0 radical (unpaired) electrons. The second-order valence-electron chi connectivity index (χ2n) is 2.76. The predicted octanol–water partition coefficient (Wildman–Crippen LogP) is -1.25. The number of aliphatic hydroxyl groups is 1. The largest absolute Gasteiger partial charge is 0.467 e. The van der Waals surface area contributed by atoms with Gasteiger partial charge in [0.1, 0.15) is 0 Å². The zero-order valence-electron chi connectivity index (χ0n) is 7.15. The van der Waals surface area contributed by atoms with Gasteiger partial charge in [-0.2, -0.15) is 11.8 Å². The molecule has 0 aromatic carbocycles. The lowest BCUT2D eigenvalue weighted by molar-refractivity contribution is -0.152. The summed E-state index contributed by atoms with van der Waals surface area (Å²) in [4.78, 5) is 21.6. The number of ether oxygens (including phenoxy) is 1. The van der Waals surface area contributed by atoms with Crippen LogP contribution in [0.4, 0.5) is 0 Å². The number of rotatable bonds is 3. The van der Waals surface area contributed by atoms with Crippen LogP contribution in [0, 0.1) is 0 Å². The van der Waals surface area contributed by atoms with E-state index < -0.39 is 17.6 Å². The molecule has 1 rings (SSSR count). The molecule has 0 saturated carbocycles. The average molecular weight is 205 g/mol. The Morgan fingerprint density at radius 2 is 2.54 bits per heavy atom. The smallest absolute Gasteiger partial charge is 0.335 e. The van der Waals surface area contributed by atoms with Crippen molar-refractivity contribution >= 4 is 24.1 Å². The molecule has 1 aliphatic heterocycles. The Morgan fingerprint density at radius 3 is 2.92 bits per heavy atom. The second-order valence-corrected chi connectivity index (χ2v) is 3.79. The fourth-order valence-electron chi connectivity index (χ4n) is 1.25. The van der Waals surface area contributed by atoms with Gasteiger partial charge in [-0.15, -0.1) is 0 Å². The number of hydrogen-bond acceptors (Lipinski definition) is 5. The van der Waals surface area contributed by atoms with Crippen molar-refractivity contribution in [3.05, 3.63) is 0 Å². The van der Waals surface area contributed by atoms with E-state index >= 15 is 0 Å². The maximum absolute atomic E-state index is 11.3. The van der Waals surface area contributed by atoms with Crippen LogP contribution in [-0.4, -0.2) is 47.7 Å². The monoisotopic (exact) mass is 205 g/mol. The molecule has 0 aromatic rings. The van der Waals surface area contributed by atoms with Gasteiger partial charge >= 0.3 is 5.97 Å². The summed E-state index contributed by atoms with van der Waals surface area (Å²) < 4.78 is 4.53. The molecule has 13 heavy (non-hydrogen) atoms. The van der Waals surface area contributed by atoms with Crippen LogP contribution in [0.2, 0.25) is 0 Å². The van der Waals surface area contributed by atoms with Gasteiger partial charge in [0.25, 0.3) is 0 Å².